The van der Waals surface area contributed by atoms with Gasteiger partial charge in [0.05, 0.1) is 0 Å². The molecule has 3 rings (SSSR count). The third-order valence-electron chi connectivity index (χ3n) is 5.06. The van der Waals surface area contributed by atoms with E-state index in [2.05, 4.69) is 18.9 Å². The minimum absolute atomic E-state index is 0.00834. The molecule has 2 fully saturated rings. The maximum absolute atomic E-state index is 12.5. The molecule has 2 aliphatic heterocycles. The smallest absolute Gasteiger partial charge is 0.331 e. The molecule has 0 saturated carbocycles. The van der Waals surface area contributed by atoms with E-state index in [4.69, 9.17) is 0 Å². The number of amides is 1. The van der Waals surface area contributed by atoms with Crippen LogP contribution in [0.4, 0.5) is 0 Å². The van der Waals surface area contributed by atoms with E-state index in [1.54, 1.807) is 0 Å². The Kier molecular flexibility index (Phi) is 3.47. The fourth-order valence-corrected chi connectivity index (χ4v) is 3.80. The fraction of sp³-hybridized carbons (Fsp3) is 0.667. The quantitative estimate of drug-likeness (QED) is 0.700. The first-order valence-electron chi connectivity index (χ1n) is 7.53. The van der Waals surface area contributed by atoms with E-state index in [0.717, 1.165) is 30.7 Å². The van der Waals surface area contributed by atoms with E-state index >= 15 is 0 Å². The molecule has 0 radical (unpaired) electrons. The van der Waals surface area contributed by atoms with Crippen LogP contribution in [0.1, 0.15) is 6.92 Å². The molecule has 2 aliphatic rings. The van der Waals surface area contributed by atoms with Gasteiger partial charge in [-0.15, -0.1) is 0 Å². The third kappa shape index (κ3) is 2.39. The van der Waals surface area contributed by atoms with E-state index in [0.29, 0.717) is 5.92 Å². The highest BCUT2D eigenvalue weighted by Crippen LogP contribution is 2.41. The molecule has 7 nitrogen and oxygen atoms in total. The molecule has 0 N–H and O–H groups in total. The fourth-order valence-electron chi connectivity index (χ4n) is 3.80. The van der Waals surface area contributed by atoms with Crippen molar-refractivity contribution >= 4 is 5.91 Å². The number of nitrogens with zero attached hydrogens (tertiary/aromatic N) is 4. The van der Waals surface area contributed by atoms with Crippen molar-refractivity contribution in [2.45, 2.75) is 13.5 Å². The van der Waals surface area contributed by atoms with Gasteiger partial charge in [-0.1, -0.05) is 6.92 Å². The summed E-state index contributed by atoms with van der Waals surface area (Å²) in [4.78, 5) is 40.0. The van der Waals surface area contributed by atoms with Gasteiger partial charge >= 0.3 is 5.69 Å². The van der Waals surface area contributed by atoms with Gasteiger partial charge in [-0.25, -0.2) is 4.79 Å². The summed E-state index contributed by atoms with van der Waals surface area (Å²) in [5.74, 6) is 0.442. The summed E-state index contributed by atoms with van der Waals surface area (Å²) < 4.78 is 2.31. The van der Waals surface area contributed by atoms with Crippen LogP contribution < -0.4 is 11.2 Å². The monoisotopic (exact) mass is 306 g/mol. The molecule has 1 aromatic rings. The predicted molar refractivity (Wildman–Crippen MR) is 81.6 cm³/mol. The van der Waals surface area contributed by atoms with Crippen molar-refractivity contribution in [3.63, 3.8) is 0 Å². The first kappa shape index (κ1) is 15.0. The van der Waals surface area contributed by atoms with Crippen molar-refractivity contribution in [1.29, 1.82) is 0 Å². The second-order valence-corrected chi connectivity index (χ2v) is 6.95. The van der Waals surface area contributed by atoms with Gasteiger partial charge in [-0.05, 0) is 13.0 Å². The van der Waals surface area contributed by atoms with Crippen LogP contribution in [-0.2, 0) is 18.4 Å². The minimum Gasteiger partial charge on any atom is -0.340 e. The van der Waals surface area contributed by atoms with E-state index in [1.807, 2.05) is 4.90 Å². The number of carbonyl (C=O) groups excluding carboxylic acids is 1. The highest BCUT2D eigenvalue weighted by atomic mass is 16.2. The zero-order chi connectivity index (χ0) is 16.1. The van der Waals surface area contributed by atoms with Crippen LogP contribution in [0.25, 0.3) is 0 Å². The number of likely N-dealkylation sites (tertiary alicyclic amines) is 2. The second-order valence-electron chi connectivity index (χ2n) is 6.95. The molecule has 22 heavy (non-hydrogen) atoms. The summed E-state index contributed by atoms with van der Waals surface area (Å²) in [5.41, 5.74) is -0.662. The van der Waals surface area contributed by atoms with E-state index < -0.39 is 5.69 Å². The first-order valence-corrected chi connectivity index (χ1v) is 7.53. The summed E-state index contributed by atoms with van der Waals surface area (Å²) in [6.07, 6.45) is 1.40. The number of rotatable bonds is 2. The van der Waals surface area contributed by atoms with E-state index in [1.165, 1.54) is 23.9 Å². The Labute approximate surface area is 128 Å². The Balaban J connectivity index is 1.73. The molecular weight excluding hydrogens is 284 g/mol. The van der Waals surface area contributed by atoms with Crippen molar-refractivity contribution in [2.24, 2.45) is 18.4 Å². The summed E-state index contributed by atoms with van der Waals surface area (Å²) in [6, 6.07) is 1.31. The molecule has 7 heteroatoms. The maximum Gasteiger partial charge on any atom is 0.331 e. The van der Waals surface area contributed by atoms with E-state index in [-0.39, 0.29) is 23.4 Å². The molecule has 1 amide bonds. The van der Waals surface area contributed by atoms with Gasteiger partial charge in [0.15, 0.2) is 0 Å². The van der Waals surface area contributed by atoms with Gasteiger partial charge in [0, 0.05) is 50.9 Å². The SMILES string of the molecule is CN1C[C@@H]2CN(C(=O)Cn3ccc(=O)n(C)c3=O)C[C@]2(C)C1. The number of aromatic nitrogens is 2. The Morgan fingerprint density at radius 3 is 2.68 bits per heavy atom. The summed E-state index contributed by atoms with van der Waals surface area (Å²) in [5, 5.41) is 0. The lowest BCUT2D eigenvalue weighted by Crippen LogP contribution is -2.42. The van der Waals surface area contributed by atoms with Gasteiger partial charge < -0.3 is 9.80 Å². The van der Waals surface area contributed by atoms with Gasteiger partial charge in [0.1, 0.15) is 6.54 Å². The van der Waals surface area contributed by atoms with Crippen molar-refractivity contribution in [1.82, 2.24) is 18.9 Å². The first-order chi connectivity index (χ1) is 10.3. The van der Waals surface area contributed by atoms with Crippen LogP contribution >= 0.6 is 0 Å². The van der Waals surface area contributed by atoms with Gasteiger partial charge in [0.25, 0.3) is 5.56 Å². The topological polar surface area (TPSA) is 67.5 Å². The summed E-state index contributed by atoms with van der Waals surface area (Å²) in [7, 11) is 3.53. The molecule has 0 aromatic carbocycles. The molecule has 3 heterocycles. The van der Waals surface area contributed by atoms with Gasteiger partial charge in [-0.3, -0.25) is 18.7 Å². The largest absolute Gasteiger partial charge is 0.340 e. The molecule has 1 aromatic heterocycles. The average molecular weight is 306 g/mol. The van der Waals surface area contributed by atoms with Crippen molar-refractivity contribution in [3.8, 4) is 0 Å². The Morgan fingerprint density at radius 2 is 2.00 bits per heavy atom. The van der Waals surface area contributed by atoms with Gasteiger partial charge in [0.2, 0.25) is 5.91 Å². The highest BCUT2D eigenvalue weighted by molar-refractivity contribution is 5.76. The Hall–Kier alpha value is -1.89. The Bertz CT molecular complexity index is 722. The lowest BCUT2D eigenvalue weighted by molar-refractivity contribution is -0.131. The number of carbonyl (C=O) groups is 1. The normalized spacial score (nSPS) is 28.1. The standard InChI is InChI=1S/C15H22N4O3/c1-15-9-16(2)6-11(15)7-19(10-15)13(21)8-18-5-4-12(20)17(3)14(18)22/h4-5,11H,6-10H2,1-3H3/t11-,15+/m1/s1. The number of fused-ring (bicyclic) bond motifs is 1. The summed E-state index contributed by atoms with van der Waals surface area (Å²) in [6.45, 7) is 5.72. The van der Waals surface area contributed by atoms with Crippen LogP contribution in [-0.4, -0.2) is 58.1 Å². The van der Waals surface area contributed by atoms with Crippen LogP contribution in [0.3, 0.4) is 0 Å². The maximum atomic E-state index is 12.5. The Morgan fingerprint density at radius 1 is 1.27 bits per heavy atom. The molecule has 0 aliphatic carbocycles. The lowest BCUT2D eigenvalue weighted by Gasteiger charge is -2.24. The molecule has 0 bridgehead atoms. The van der Waals surface area contributed by atoms with Crippen molar-refractivity contribution in [2.75, 3.05) is 33.2 Å². The van der Waals surface area contributed by atoms with Crippen LogP contribution in [0.15, 0.2) is 21.9 Å². The summed E-state index contributed by atoms with van der Waals surface area (Å²) >= 11 is 0. The van der Waals surface area contributed by atoms with Crippen LogP contribution in [0.2, 0.25) is 0 Å². The number of hydrogen-bond donors (Lipinski definition) is 0. The van der Waals surface area contributed by atoms with E-state index in [9.17, 15) is 14.4 Å². The average Bonchev–Trinajstić information content (AvgIpc) is 2.89. The molecule has 2 atom stereocenters. The second kappa shape index (κ2) is 5.08. The molecule has 0 spiro atoms. The molecule has 2 saturated heterocycles. The zero-order valence-electron chi connectivity index (χ0n) is 13.3. The van der Waals surface area contributed by atoms with Crippen LogP contribution in [0, 0.1) is 11.3 Å². The number of hydrogen-bond acceptors (Lipinski definition) is 4. The van der Waals surface area contributed by atoms with Gasteiger partial charge in [-0.2, -0.15) is 0 Å². The highest BCUT2D eigenvalue weighted by Gasteiger charge is 2.49. The zero-order valence-corrected chi connectivity index (χ0v) is 13.3. The molecule has 0 unspecified atom stereocenters. The molecule has 120 valence electrons. The third-order valence-corrected chi connectivity index (χ3v) is 5.06. The minimum atomic E-state index is -0.453. The molecular formula is C15H22N4O3. The predicted octanol–water partition coefficient (Wildman–Crippen LogP) is -1.04. The van der Waals surface area contributed by atoms with Crippen molar-refractivity contribution < 1.29 is 4.79 Å². The van der Waals surface area contributed by atoms with Crippen LogP contribution in [0.5, 0.6) is 0 Å². The lowest BCUT2D eigenvalue weighted by atomic mass is 9.83. The van der Waals surface area contributed by atoms with Crippen molar-refractivity contribution in [3.05, 3.63) is 33.1 Å².